The molecule has 0 unspecified atom stereocenters. The summed E-state index contributed by atoms with van der Waals surface area (Å²) in [5, 5.41) is 17.0. The van der Waals surface area contributed by atoms with Crippen LogP contribution in [-0.4, -0.2) is 32.3 Å². The highest BCUT2D eigenvalue weighted by Crippen LogP contribution is 2.32. The summed E-state index contributed by atoms with van der Waals surface area (Å²) in [6, 6.07) is 5.97. The Kier molecular flexibility index (Phi) is 5.54. The minimum absolute atomic E-state index is 0.0590. The van der Waals surface area contributed by atoms with Crippen LogP contribution in [0.1, 0.15) is 49.6 Å². The number of carboxylic acid groups (broad SMARTS) is 1. The smallest absolute Gasteiger partial charge is 0.329 e. The van der Waals surface area contributed by atoms with Gasteiger partial charge in [-0.1, -0.05) is 6.92 Å². The Balaban J connectivity index is 1.79. The van der Waals surface area contributed by atoms with Crippen molar-refractivity contribution in [1.82, 2.24) is 15.1 Å². The van der Waals surface area contributed by atoms with Crippen LogP contribution < -0.4 is 5.32 Å². The molecule has 7 heteroatoms. The standard InChI is InChI=1S/C21H26FN3O3/c1-13-8-10-21(11-9-13,20(27)28)23-19(26)12-18-14(2)24-25(15(18)3)17-6-4-16(22)5-7-17/h4-7,13H,8-12H2,1-3H3,(H,23,26)(H,27,28). The number of amides is 1. The highest BCUT2D eigenvalue weighted by Gasteiger charge is 2.42. The van der Waals surface area contributed by atoms with Crippen molar-refractivity contribution in [2.75, 3.05) is 0 Å². The number of hydrogen-bond donors (Lipinski definition) is 2. The summed E-state index contributed by atoms with van der Waals surface area (Å²) >= 11 is 0. The van der Waals surface area contributed by atoms with Gasteiger partial charge >= 0.3 is 5.97 Å². The second-order valence-electron chi connectivity index (χ2n) is 7.83. The fourth-order valence-corrected chi connectivity index (χ4v) is 3.88. The van der Waals surface area contributed by atoms with E-state index in [4.69, 9.17) is 0 Å². The summed E-state index contributed by atoms with van der Waals surface area (Å²) in [7, 11) is 0. The molecule has 28 heavy (non-hydrogen) atoms. The number of hydrogen-bond acceptors (Lipinski definition) is 3. The average molecular weight is 387 g/mol. The van der Waals surface area contributed by atoms with E-state index in [9.17, 15) is 19.1 Å². The molecule has 0 spiro atoms. The summed E-state index contributed by atoms with van der Waals surface area (Å²) in [5.41, 5.74) is 1.75. The zero-order valence-electron chi connectivity index (χ0n) is 16.5. The molecule has 0 bridgehead atoms. The van der Waals surface area contributed by atoms with Gasteiger partial charge < -0.3 is 10.4 Å². The Bertz CT molecular complexity index is 881. The lowest BCUT2D eigenvalue weighted by Gasteiger charge is -2.36. The third kappa shape index (κ3) is 3.93. The molecule has 1 heterocycles. The lowest BCUT2D eigenvalue weighted by atomic mass is 9.77. The quantitative estimate of drug-likeness (QED) is 0.824. The fourth-order valence-electron chi connectivity index (χ4n) is 3.88. The van der Waals surface area contributed by atoms with Crippen molar-refractivity contribution in [2.45, 2.75) is 58.4 Å². The topological polar surface area (TPSA) is 84.2 Å². The summed E-state index contributed by atoms with van der Waals surface area (Å²) in [6.07, 6.45) is 2.52. The van der Waals surface area contributed by atoms with Gasteiger partial charge in [-0.3, -0.25) is 4.79 Å². The van der Waals surface area contributed by atoms with Crippen molar-refractivity contribution < 1.29 is 19.1 Å². The third-order valence-electron chi connectivity index (χ3n) is 5.77. The second kappa shape index (κ2) is 7.73. The van der Waals surface area contributed by atoms with Crippen molar-refractivity contribution in [3.05, 3.63) is 47.0 Å². The molecule has 1 aliphatic rings. The molecule has 0 saturated heterocycles. The van der Waals surface area contributed by atoms with Gasteiger partial charge in [-0.15, -0.1) is 0 Å². The monoisotopic (exact) mass is 387 g/mol. The predicted molar refractivity (Wildman–Crippen MR) is 103 cm³/mol. The molecule has 0 atom stereocenters. The number of carbonyl (C=O) groups excluding carboxylic acids is 1. The maximum atomic E-state index is 13.2. The van der Waals surface area contributed by atoms with Gasteiger partial charge in [0.05, 0.1) is 17.8 Å². The summed E-state index contributed by atoms with van der Waals surface area (Å²) < 4.78 is 14.9. The Morgan fingerprint density at radius 1 is 1.25 bits per heavy atom. The number of halogens is 1. The first-order valence-electron chi connectivity index (χ1n) is 9.57. The summed E-state index contributed by atoms with van der Waals surface area (Å²) in [6.45, 7) is 5.76. The molecule has 0 radical (unpaired) electrons. The average Bonchev–Trinajstić information content (AvgIpc) is 2.92. The van der Waals surface area contributed by atoms with Gasteiger partial charge in [0, 0.05) is 11.3 Å². The number of rotatable bonds is 5. The first kappa shape index (κ1) is 20.0. The van der Waals surface area contributed by atoms with E-state index in [1.165, 1.54) is 12.1 Å². The Morgan fingerprint density at radius 2 is 1.86 bits per heavy atom. The van der Waals surface area contributed by atoms with Crippen molar-refractivity contribution in [3.8, 4) is 5.69 Å². The van der Waals surface area contributed by atoms with Gasteiger partial charge in [-0.25, -0.2) is 13.9 Å². The lowest BCUT2D eigenvalue weighted by Crippen LogP contribution is -2.56. The van der Waals surface area contributed by atoms with E-state index in [0.717, 1.165) is 24.1 Å². The van der Waals surface area contributed by atoms with Gasteiger partial charge in [-0.2, -0.15) is 5.10 Å². The van der Waals surface area contributed by atoms with Crippen LogP contribution in [0.15, 0.2) is 24.3 Å². The fraction of sp³-hybridized carbons (Fsp3) is 0.476. The van der Waals surface area contributed by atoms with Gasteiger partial charge in [0.2, 0.25) is 5.91 Å². The van der Waals surface area contributed by atoms with E-state index in [0.29, 0.717) is 30.1 Å². The van der Waals surface area contributed by atoms with Crippen molar-refractivity contribution in [3.63, 3.8) is 0 Å². The number of carboxylic acids is 1. The van der Waals surface area contributed by atoms with E-state index in [1.807, 2.05) is 13.8 Å². The number of aromatic nitrogens is 2. The van der Waals surface area contributed by atoms with Crippen LogP contribution in [0.3, 0.4) is 0 Å². The molecule has 1 saturated carbocycles. The van der Waals surface area contributed by atoms with Crippen LogP contribution in [0.5, 0.6) is 0 Å². The molecule has 6 nitrogen and oxygen atoms in total. The van der Waals surface area contributed by atoms with Crippen LogP contribution in [0, 0.1) is 25.6 Å². The maximum Gasteiger partial charge on any atom is 0.329 e. The van der Waals surface area contributed by atoms with E-state index in [-0.39, 0.29) is 18.1 Å². The molecule has 1 aromatic carbocycles. The summed E-state index contributed by atoms with van der Waals surface area (Å²) in [5.74, 6) is -1.14. The molecule has 2 aromatic rings. The maximum absolute atomic E-state index is 13.2. The molecular weight excluding hydrogens is 361 g/mol. The van der Waals surface area contributed by atoms with Gasteiger partial charge in [-0.05, 0) is 69.7 Å². The Labute approximate surface area is 163 Å². The highest BCUT2D eigenvalue weighted by molar-refractivity contribution is 5.88. The van der Waals surface area contributed by atoms with Gasteiger partial charge in [0.25, 0.3) is 0 Å². The predicted octanol–water partition coefficient (Wildman–Crippen LogP) is 3.32. The Morgan fingerprint density at radius 3 is 2.43 bits per heavy atom. The van der Waals surface area contributed by atoms with Crippen molar-refractivity contribution in [2.24, 2.45) is 5.92 Å². The lowest BCUT2D eigenvalue weighted by molar-refractivity contribution is -0.149. The highest BCUT2D eigenvalue weighted by atomic mass is 19.1. The molecule has 2 N–H and O–H groups in total. The molecule has 1 aliphatic carbocycles. The molecule has 1 amide bonds. The Hall–Kier alpha value is -2.70. The SMILES string of the molecule is Cc1nn(-c2ccc(F)cc2)c(C)c1CC(=O)NC1(C(=O)O)CCC(C)CC1. The zero-order chi connectivity index (χ0) is 20.5. The minimum Gasteiger partial charge on any atom is -0.480 e. The van der Waals surface area contributed by atoms with E-state index in [1.54, 1.807) is 16.8 Å². The number of carbonyl (C=O) groups is 2. The van der Waals surface area contributed by atoms with E-state index in [2.05, 4.69) is 17.3 Å². The molecular formula is C21H26FN3O3. The number of benzene rings is 1. The van der Waals surface area contributed by atoms with Crippen LogP contribution in [0.2, 0.25) is 0 Å². The second-order valence-corrected chi connectivity index (χ2v) is 7.83. The molecule has 3 rings (SSSR count). The molecule has 1 aromatic heterocycles. The van der Waals surface area contributed by atoms with Crippen LogP contribution >= 0.6 is 0 Å². The first-order chi connectivity index (χ1) is 13.2. The van der Waals surface area contributed by atoms with E-state index >= 15 is 0 Å². The van der Waals surface area contributed by atoms with Crippen molar-refractivity contribution in [1.29, 1.82) is 0 Å². The number of nitrogens with one attached hydrogen (secondary N) is 1. The van der Waals surface area contributed by atoms with Crippen LogP contribution in [0.4, 0.5) is 4.39 Å². The van der Waals surface area contributed by atoms with Gasteiger partial charge in [0.15, 0.2) is 0 Å². The van der Waals surface area contributed by atoms with Crippen LogP contribution in [0.25, 0.3) is 5.69 Å². The van der Waals surface area contributed by atoms with Gasteiger partial charge in [0.1, 0.15) is 11.4 Å². The van der Waals surface area contributed by atoms with E-state index < -0.39 is 11.5 Å². The van der Waals surface area contributed by atoms with Crippen LogP contribution in [-0.2, 0) is 16.0 Å². The number of aliphatic carboxylic acids is 1. The molecule has 0 aliphatic heterocycles. The third-order valence-corrected chi connectivity index (χ3v) is 5.77. The zero-order valence-corrected chi connectivity index (χ0v) is 16.5. The summed E-state index contributed by atoms with van der Waals surface area (Å²) in [4.78, 5) is 24.6. The minimum atomic E-state index is -1.18. The number of aryl methyl sites for hydroxylation is 1. The first-order valence-corrected chi connectivity index (χ1v) is 9.57. The molecule has 150 valence electrons. The van der Waals surface area contributed by atoms with Crippen molar-refractivity contribution >= 4 is 11.9 Å². The normalized spacial score (nSPS) is 22.1. The number of nitrogens with zero attached hydrogens (tertiary/aromatic N) is 2. The largest absolute Gasteiger partial charge is 0.480 e. The molecule has 1 fully saturated rings.